The zero-order chi connectivity index (χ0) is 19.4. The summed E-state index contributed by atoms with van der Waals surface area (Å²) in [4.78, 5) is 10.7. The largest absolute Gasteiger partial charge is 0.481 e. The summed E-state index contributed by atoms with van der Waals surface area (Å²) in [7, 11) is 1.63. The molecule has 0 radical (unpaired) electrons. The van der Waals surface area contributed by atoms with Gasteiger partial charge in [0.1, 0.15) is 0 Å². The van der Waals surface area contributed by atoms with E-state index in [1.54, 1.807) is 7.05 Å². The van der Waals surface area contributed by atoms with Crippen LogP contribution in [-0.2, 0) is 17.0 Å². The summed E-state index contributed by atoms with van der Waals surface area (Å²) in [5.41, 5.74) is 5.64. The van der Waals surface area contributed by atoms with Crippen LogP contribution in [0.4, 0.5) is 17.6 Å². The van der Waals surface area contributed by atoms with Crippen molar-refractivity contribution in [3.8, 4) is 5.75 Å². The van der Waals surface area contributed by atoms with Crippen molar-refractivity contribution in [1.82, 2.24) is 5.06 Å². The van der Waals surface area contributed by atoms with Gasteiger partial charge in [-0.3, -0.25) is 0 Å². The molecule has 1 aromatic carbocycles. The molecular weight excluding hydrogens is 366 g/mol. The minimum atomic E-state index is -4.56. The Labute approximate surface area is 154 Å². The molecule has 1 aliphatic heterocycles. The second-order valence-corrected chi connectivity index (χ2v) is 7.56. The van der Waals surface area contributed by atoms with Crippen molar-refractivity contribution < 1.29 is 27.1 Å². The summed E-state index contributed by atoms with van der Waals surface area (Å²) in [6, 6.07) is 2.55. The number of hydrogen-bond acceptors (Lipinski definition) is 5. The van der Waals surface area contributed by atoms with Gasteiger partial charge in [0.25, 0.3) is 0 Å². The molecule has 1 atom stereocenters. The molecule has 2 spiro atoms. The van der Waals surface area contributed by atoms with E-state index >= 15 is 0 Å². The van der Waals surface area contributed by atoms with Crippen LogP contribution >= 0.6 is 0 Å². The Morgan fingerprint density at radius 3 is 2.56 bits per heavy atom. The Hall–Kier alpha value is -2.03. The quantitative estimate of drug-likeness (QED) is 0.788. The van der Waals surface area contributed by atoms with Gasteiger partial charge in [-0.25, -0.2) is 19.3 Å². The lowest BCUT2D eigenvalue weighted by Crippen LogP contribution is -2.44. The van der Waals surface area contributed by atoms with E-state index in [9.17, 15) is 17.6 Å². The van der Waals surface area contributed by atoms with E-state index < -0.39 is 35.5 Å². The Morgan fingerprint density at radius 1 is 1.26 bits per heavy atom. The highest BCUT2D eigenvalue weighted by atomic mass is 19.4. The minimum absolute atomic E-state index is 0.190. The molecule has 148 valence electrons. The number of hydrogen-bond donors (Lipinski definition) is 1. The summed E-state index contributed by atoms with van der Waals surface area (Å²) in [6.07, 6.45) is 0.705. The van der Waals surface area contributed by atoms with Gasteiger partial charge >= 0.3 is 6.18 Å². The van der Waals surface area contributed by atoms with Gasteiger partial charge in [-0.1, -0.05) is 19.3 Å². The number of halogens is 4. The topological polar surface area (TPSA) is 60.1 Å². The number of nitrogens with two attached hydrogens (primary N) is 1. The first-order valence-corrected chi connectivity index (χ1v) is 8.96. The van der Waals surface area contributed by atoms with E-state index in [1.165, 1.54) is 17.2 Å². The molecule has 2 aliphatic carbocycles. The Balaban J connectivity index is 1.80. The molecule has 0 bridgehead atoms. The number of ether oxygens (including phenoxy) is 1. The molecule has 0 aromatic heterocycles. The van der Waals surface area contributed by atoms with Gasteiger partial charge in [-0.15, -0.1) is 0 Å². The number of rotatable bonds is 2. The first-order valence-electron chi connectivity index (χ1n) is 8.96. The molecule has 2 N–H and O–H groups in total. The standard InChI is InChI=1S/C18H21F4N3O2/c1-25-15(23)24-18(27-25)12-8-14(26-10-17(20,21)22)13(19)7-11(12)9-16(18)5-3-2-4-6-16/h7-8H,2-6,9-10H2,1H3,(H2,23,24). The van der Waals surface area contributed by atoms with E-state index in [-0.39, 0.29) is 5.96 Å². The zero-order valence-corrected chi connectivity index (χ0v) is 14.9. The van der Waals surface area contributed by atoms with Crippen molar-refractivity contribution in [3.63, 3.8) is 0 Å². The highest BCUT2D eigenvalue weighted by molar-refractivity contribution is 5.79. The second kappa shape index (κ2) is 5.98. The SMILES string of the molecule is CN1OC2(N=C1N)c1cc(OCC(F)(F)F)c(F)cc1CC21CCCCC1. The summed E-state index contributed by atoms with van der Waals surface area (Å²) in [5, 5.41) is 1.37. The molecule has 1 unspecified atom stereocenters. The predicted molar refractivity (Wildman–Crippen MR) is 89.3 cm³/mol. The highest BCUT2D eigenvalue weighted by Gasteiger charge is 2.63. The van der Waals surface area contributed by atoms with Crippen LogP contribution in [0.2, 0.25) is 0 Å². The zero-order valence-electron chi connectivity index (χ0n) is 14.9. The summed E-state index contributed by atoms with van der Waals surface area (Å²) in [5.74, 6) is -1.08. The predicted octanol–water partition coefficient (Wildman–Crippen LogP) is 3.62. The molecule has 4 rings (SSSR count). The molecule has 1 heterocycles. The fraction of sp³-hybridized carbons (Fsp3) is 0.611. The smallest absolute Gasteiger partial charge is 0.422 e. The first-order chi connectivity index (χ1) is 12.7. The maximum absolute atomic E-state index is 14.4. The summed E-state index contributed by atoms with van der Waals surface area (Å²) >= 11 is 0. The van der Waals surface area contributed by atoms with Crippen molar-refractivity contribution in [2.45, 2.75) is 50.4 Å². The highest BCUT2D eigenvalue weighted by Crippen LogP contribution is 2.62. The van der Waals surface area contributed by atoms with E-state index in [0.717, 1.165) is 32.1 Å². The average Bonchev–Trinajstić information content (AvgIpc) is 3.01. The van der Waals surface area contributed by atoms with E-state index in [1.807, 2.05) is 0 Å². The number of guanidine groups is 1. The molecular formula is C18H21F4N3O2. The van der Waals surface area contributed by atoms with Crippen LogP contribution in [0.25, 0.3) is 0 Å². The van der Waals surface area contributed by atoms with E-state index in [2.05, 4.69) is 4.99 Å². The second-order valence-electron chi connectivity index (χ2n) is 7.56. The van der Waals surface area contributed by atoms with Gasteiger partial charge < -0.3 is 10.5 Å². The lowest BCUT2D eigenvalue weighted by atomic mass is 9.67. The van der Waals surface area contributed by atoms with Crippen LogP contribution in [0.15, 0.2) is 17.1 Å². The molecule has 1 aromatic rings. The van der Waals surface area contributed by atoms with Crippen LogP contribution in [0.3, 0.4) is 0 Å². The number of aliphatic imine (C=N–C) groups is 1. The molecule has 0 amide bonds. The molecule has 0 saturated heterocycles. The van der Waals surface area contributed by atoms with Crippen molar-refractivity contribution >= 4 is 5.96 Å². The number of fused-ring (bicyclic) bond motifs is 3. The lowest BCUT2D eigenvalue weighted by molar-refractivity contribution is -0.228. The Kier molecular flexibility index (Phi) is 4.06. The van der Waals surface area contributed by atoms with Gasteiger partial charge in [-0.2, -0.15) is 13.2 Å². The summed E-state index contributed by atoms with van der Waals surface area (Å²) in [6.45, 7) is -1.56. The van der Waals surface area contributed by atoms with Gasteiger partial charge in [0.2, 0.25) is 11.7 Å². The number of hydroxylamine groups is 2. The minimum Gasteiger partial charge on any atom is -0.481 e. The molecule has 1 saturated carbocycles. The molecule has 9 heteroatoms. The van der Waals surface area contributed by atoms with Crippen molar-refractivity contribution in [2.75, 3.05) is 13.7 Å². The Bertz CT molecular complexity index is 790. The van der Waals surface area contributed by atoms with E-state index in [0.29, 0.717) is 17.5 Å². The number of benzene rings is 1. The Morgan fingerprint density at radius 2 is 1.96 bits per heavy atom. The van der Waals surface area contributed by atoms with Gasteiger partial charge in [0.15, 0.2) is 18.2 Å². The summed E-state index contributed by atoms with van der Waals surface area (Å²) < 4.78 is 56.6. The monoisotopic (exact) mass is 387 g/mol. The normalized spacial score (nSPS) is 26.6. The van der Waals surface area contributed by atoms with Crippen molar-refractivity contribution in [2.24, 2.45) is 16.1 Å². The third kappa shape index (κ3) is 2.83. The fourth-order valence-corrected chi connectivity index (χ4v) is 4.66. The molecule has 5 nitrogen and oxygen atoms in total. The maximum atomic E-state index is 14.4. The third-order valence-electron chi connectivity index (χ3n) is 5.84. The van der Waals surface area contributed by atoms with Gasteiger partial charge in [0, 0.05) is 18.0 Å². The fourth-order valence-electron chi connectivity index (χ4n) is 4.66. The number of alkyl halides is 3. The van der Waals surface area contributed by atoms with Crippen molar-refractivity contribution in [3.05, 3.63) is 29.1 Å². The van der Waals surface area contributed by atoms with Gasteiger partial charge in [0.05, 0.1) is 0 Å². The lowest BCUT2D eigenvalue weighted by Gasteiger charge is -2.43. The van der Waals surface area contributed by atoms with E-state index in [4.69, 9.17) is 15.3 Å². The van der Waals surface area contributed by atoms with Crippen LogP contribution in [0.1, 0.15) is 43.2 Å². The number of nitrogens with zero attached hydrogens (tertiary/aromatic N) is 2. The van der Waals surface area contributed by atoms with Crippen LogP contribution < -0.4 is 10.5 Å². The molecule has 1 fully saturated rings. The van der Waals surface area contributed by atoms with Crippen molar-refractivity contribution in [1.29, 1.82) is 0 Å². The third-order valence-corrected chi connectivity index (χ3v) is 5.84. The first kappa shape index (κ1) is 18.3. The van der Waals surface area contributed by atoms with Gasteiger partial charge in [-0.05, 0) is 37.0 Å². The van der Waals surface area contributed by atoms with Crippen LogP contribution in [0.5, 0.6) is 5.75 Å². The maximum Gasteiger partial charge on any atom is 0.422 e. The molecule has 3 aliphatic rings. The van der Waals surface area contributed by atoms with Crippen LogP contribution in [-0.4, -0.2) is 30.9 Å². The average molecular weight is 387 g/mol. The van der Waals surface area contributed by atoms with Crippen LogP contribution in [0, 0.1) is 11.2 Å². The molecule has 27 heavy (non-hydrogen) atoms.